The van der Waals surface area contributed by atoms with Gasteiger partial charge in [-0.3, -0.25) is 9.69 Å². The summed E-state index contributed by atoms with van der Waals surface area (Å²) in [5.41, 5.74) is -0.0403. The molecule has 122 valence electrons. The quantitative estimate of drug-likeness (QED) is 0.917. The molecule has 0 radical (unpaired) electrons. The van der Waals surface area contributed by atoms with Gasteiger partial charge in [0.25, 0.3) is 5.91 Å². The number of hydrogen-bond donors (Lipinski definition) is 1. The Balaban J connectivity index is 1.66. The third kappa shape index (κ3) is 3.39. The molecule has 1 aromatic carbocycles. The Labute approximate surface area is 131 Å². The van der Waals surface area contributed by atoms with Gasteiger partial charge in [-0.1, -0.05) is 6.07 Å². The number of carbonyl (C=O) groups excluding carboxylic acids is 1. The zero-order valence-electron chi connectivity index (χ0n) is 12.3. The summed E-state index contributed by atoms with van der Waals surface area (Å²) < 4.78 is 43.5. The minimum Gasteiger partial charge on any atom is -0.459 e. The van der Waals surface area contributed by atoms with E-state index in [2.05, 4.69) is 0 Å². The fourth-order valence-corrected chi connectivity index (χ4v) is 2.74. The molecule has 1 aliphatic heterocycles. The molecule has 0 bridgehead atoms. The number of amides is 1. The highest BCUT2D eigenvalue weighted by Gasteiger charge is 2.32. The molecule has 7 heteroatoms. The second kappa shape index (κ2) is 6.08. The summed E-state index contributed by atoms with van der Waals surface area (Å²) in [6, 6.07) is 8.62. The summed E-state index contributed by atoms with van der Waals surface area (Å²) in [7, 11) is 0. The topological polar surface area (TPSA) is 37.9 Å². The Morgan fingerprint density at radius 2 is 1.87 bits per heavy atom. The van der Waals surface area contributed by atoms with Crippen LogP contribution < -0.4 is 4.90 Å². The molecule has 2 heterocycles. The molecule has 0 spiro atoms. The van der Waals surface area contributed by atoms with Crippen molar-refractivity contribution in [3.8, 4) is 0 Å². The molecule has 1 aliphatic rings. The molecule has 0 unspecified atom stereocenters. The van der Waals surface area contributed by atoms with Gasteiger partial charge in [0.15, 0.2) is 5.76 Å². The average molecular weight is 325 g/mol. The van der Waals surface area contributed by atoms with Gasteiger partial charge in [-0.2, -0.15) is 13.2 Å². The molecule has 4 nitrogen and oxygen atoms in total. The maximum Gasteiger partial charge on any atom is 0.416 e. The summed E-state index contributed by atoms with van der Waals surface area (Å²) in [4.78, 5) is 14.8. The van der Waals surface area contributed by atoms with Crippen LogP contribution in [0.1, 0.15) is 16.1 Å². The first-order valence-electron chi connectivity index (χ1n) is 7.30. The Bertz CT molecular complexity index is 675. The molecule has 1 saturated heterocycles. The van der Waals surface area contributed by atoms with E-state index in [0.717, 1.165) is 11.0 Å². The van der Waals surface area contributed by atoms with E-state index in [1.807, 2.05) is 0 Å². The van der Waals surface area contributed by atoms with Gasteiger partial charge in [0, 0.05) is 6.07 Å². The predicted molar refractivity (Wildman–Crippen MR) is 76.4 cm³/mol. The number of nitrogens with zero attached hydrogens (tertiary/aromatic N) is 1. The maximum atomic E-state index is 12.8. The van der Waals surface area contributed by atoms with Gasteiger partial charge in [-0.05, 0) is 24.3 Å². The number of carbonyl (C=O) groups is 1. The van der Waals surface area contributed by atoms with Crippen LogP contribution >= 0.6 is 0 Å². The third-order valence-electron chi connectivity index (χ3n) is 3.98. The van der Waals surface area contributed by atoms with Gasteiger partial charge < -0.3 is 9.32 Å². The van der Waals surface area contributed by atoms with Crippen molar-refractivity contribution in [1.29, 1.82) is 0 Å². The van der Waals surface area contributed by atoms with Crippen molar-refractivity contribution in [2.45, 2.75) is 6.18 Å². The monoisotopic (exact) mass is 325 g/mol. The number of benzene rings is 1. The van der Waals surface area contributed by atoms with E-state index in [-0.39, 0.29) is 11.7 Å². The zero-order valence-corrected chi connectivity index (χ0v) is 12.3. The van der Waals surface area contributed by atoms with Gasteiger partial charge >= 0.3 is 6.18 Å². The minimum absolute atomic E-state index is 0.182. The van der Waals surface area contributed by atoms with Crippen LogP contribution in [0.15, 0.2) is 47.1 Å². The van der Waals surface area contributed by atoms with Crippen molar-refractivity contribution in [3.05, 3.63) is 54.0 Å². The van der Waals surface area contributed by atoms with E-state index in [1.165, 1.54) is 18.4 Å². The lowest BCUT2D eigenvalue weighted by atomic mass is 10.1. The Morgan fingerprint density at radius 3 is 2.48 bits per heavy atom. The standard InChI is InChI=1S/C16H15F3N2O2/c17-16(18,19)12-3-1-4-13(11-12)20-6-8-21(9-7-20)15(22)14-5-2-10-23-14/h1-5,10-11H,6-9H2/p+1. The van der Waals surface area contributed by atoms with E-state index in [9.17, 15) is 18.0 Å². The van der Waals surface area contributed by atoms with Crippen molar-refractivity contribution in [2.24, 2.45) is 0 Å². The SMILES string of the molecule is O=C(c1ccco1)N1CC[NH+](c2cccc(C(F)(F)F)c2)CC1. The minimum atomic E-state index is -4.34. The highest BCUT2D eigenvalue weighted by atomic mass is 19.4. The van der Waals surface area contributed by atoms with Crippen LogP contribution in [0.5, 0.6) is 0 Å². The number of nitrogens with one attached hydrogen (secondary N) is 1. The van der Waals surface area contributed by atoms with E-state index in [1.54, 1.807) is 23.1 Å². The summed E-state index contributed by atoms with van der Waals surface area (Å²) in [6.07, 6.45) is -2.90. The largest absolute Gasteiger partial charge is 0.459 e. The summed E-state index contributed by atoms with van der Waals surface area (Å²) in [6.45, 7) is 2.08. The molecule has 1 aromatic heterocycles. The normalized spacial score (nSPS) is 16.6. The highest BCUT2D eigenvalue weighted by molar-refractivity contribution is 5.91. The van der Waals surface area contributed by atoms with Crippen LogP contribution in [-0.4, -0.2) is 37.0 Å². The molecule has 0 saturated carbocycles. The van der Waals surface area contributed by atoms with Gasteiger partial charge in [0.1, 0.15) is 5.69 Å². The van der Waals surface area contributed by atoms with Gasteiger partial charge in [-0.25, -0.2) is 0 Å². The lowest BCUT2D eigenvalue weighted by Crippen LogP contribution is -3.10. The van der Waals surface area contributed by atoms with Gasteiger partial charge in [0.2, 0.25) is 0 Å². The third-order valence-corrected chi connectivity index (χ3v) is 3.98. The van der Waals surface area contributed by atoms with E-state index < -0.39 is 11.7 Å². The van der Waals surface area contributed by atoms with Crippen LogP contribution in [0.2, 0.25) is 0 Å². The first kappa shape index (κ1) is 15.6. The molecule has 0 atom stereocenters. The van der Waals surface area contributed by atoms with Crippen LogP contribution in [0.4, 0.5) is 18.9 Å². The number of halogens is 3. The first-order valence-corrected chi connectivity index (χ1v) is 7.30. The van der Waals surface area contributed by atoms with Gasteiger partial charge in [-0.15, -0.1) is 0 Å². The molecule has 1 N–H and O–H groups in total. The Morgan fingerprint density at radius 1 is 1.13 bits per heavy atom. The number of furan rings is 1. The second-order valence-corrected chi connectivity index (χ2v) is 5.45. The van der Waals surface area contributed by atoms with Crippen molar-refractivity contribution < 1.29 is 27.3 Å². The van der Waals surface area contributed by atoms with Gasteiger partial charge in [0.05, 0.1) is 38.0 Å². The van der Waals surface area contributed by atoms with Crippen molar-refractivity contribution in [2.75, 3.05) is 26.2 Å². The van der Waals surface area contributed by atoms with Crippen LogP contribution in [-0.2, 0) is 6.18 Å². The number of piperazine rings is 1. The van der Waals surface area contributed by atoms with E-state index in [0.29, 0.717) is 31.9 Å². The fraction of sp³-hybridized carbons (Fsp3) is 0.312. The molecular weight excluding hydrogens is 309 g/mol. The summed E-state index contributed by atoms with van der Waals surface area (Å²) in [5, 5.41) is 0. The smallest absolute Gasteiger partial charge is 0.416 e. The number of rotatable bonds is 2. The number of alkyl halides is 3. The van der Waals surface area contributed by atoms with Crippen LogP contribution in [0, 0.1) is 0 Å². The van der Waals surface area contributed by atoms with Crippen LogP contribution in [0.3, 0.4) is 0 Å². The molecule has 0 aliphatic carbocycles. The number of hydrogen-bond acceptors (Lipinski definition) is 2. The zero-order chi connectivity index (χ0) is 16.4. The Hall–Kier alpha value is -2.28. The average Bonchev–Trinajstić information content (AvgIpc) is 3.08. The summed E-state index contributed by atoms with van der Waals surface area (Å²) >= 11 is 0. The van der Waals surface area contributed by atoms with E-state index >= 15 is 0 Å². The van der Waals surface area contributed by atoms with Crippen molar-refractivity contribution in [3.63, 3.8) is 0 Å². The fourth-order valence-electron chi connectivity index (χ4n) is 2.74. The van der Waals surface area contributed by atoms with Crippen LogP contribution in [0.25, 0.3) is 0 Å². The van der Waals surface area contributed by atoms with Crippen molar-refractivity contribution in [1.82, 2.24) is 4.90 Å². The van der Waals surface area contributed by atoms with E-state index in [4.69, 9.17) is 4.42 Å². The maximum absolute atomic E-state index is 12.8. The Kier molecular flexibility index (Phi) is 4.12. The molecule has 1 amide bonds. The van der Waals surface area contributed by atoms with Crippen molar-refractivity contribution >= 4 is 11.6 Å². The lowest BCUT2D eigenvalue weighted by molar-refractivity contribution is -0.837. The predicted octanol–water partition coefficient (Wildman–Crippen LogP) is 1.97. The lowest BCUT2D eigenvalue weighted by Gasteiger charge is -2.31. The molecule has 1 fully saturated rings. The number of quaternary nitrogens is 1. The summed E-state index contributed by atoms with van der Waals surface area (Å²) in [5.74, 6) is 0.102. The molecule has 23 heavy (non-hydrogen) atoms. The molecule has 3 rings (SSSR count). The highest BCUT2D eigenvalue weighted by Crippen LogP contribution is 2.29. The first-order chi connectivity index (χ1) is 10.9. The second-order valence-electron chi connectivity index (χ2n) is 5.45. The molecular formula is C16H16F3N2O2+. The molecule has 2 aromatic rings.